The predicted octanol–water partition coefficient (Wildman–Crippen LogP) is 13.0. The molecule has 1 nitrogen and oxygen atoms in total. The number of nitriles is 1. The molecule has 0 saturated carbocycles. The predicted molar refractivity (Wildman–Crippen MR) is 199 cm³/mol. The fraction of sp³-hybridized carbons (Fsp3) is 0. The summed E-state index contributed by atoms with van der Waals surface area (Å²) in [5, 5.41) is 15.3. The molecule has 0 radical (unpaired) electrons. The van der Waals surface area contributed by atoms with Crippen molar-refractivity contribution in [2.75, 3.05) is 0 Å². The van der Waals surface area contributed by atoms with Gasteiger partial charge in [0.15, 0.2) is 0 Å². The molecule has 0 bridgehead atoms. The first-order valence-corrected chi connectivity index (χ1v) is 16.9. The smallest absolute Gasteiger partial charge is 0.0992 e. The van der Waals surface area contributed by atoms with Crippen molar-refractivity contribution in [3.63, 3.8) is 0 Å². The van der Waals surface area contributed by atoms with Gasteiger partial charge in [-0.05, 0) is 81.4 Å². The summed E-state index contributed by atoms with van der Waals surface area (Å²) in [5.74, 6) is 0. The molecule has 0 spiro atoms. The summed E-state index contributed by atoms with van der Waals surface area (Å²) in [6.45, 7) is 0. The van der Waals surface area contributed by atoms with Gasteiger partial charge in [-0.25, -0.2) is 0 Å². The molecule has 0 N–H and O–H groups in total. The third-order valence-electron chi connectivity index (χ3n) is 8.90. The fourth-order valence-electron chi connectivity index (χ4n) is 6.81. The van der Waals surface area contributed by atoms with Gasteiger partial charge in [-0.1, -0.05) is 109 Å². The molecule has 0 fully saturated rings. The molecule has 0 unspecified atom stereocenters. The molecule has 0 aliphatic carbocycles. The van der Waals surface area contributed by atoms with Gasteiger partial charge in [-0.3, -0.25) is 0 Å². The van der Waals surface area contributed by atoms with Crippen molar-refractivity contribution in [2.24, 2.45) is 0 Å². The Morgan fingerprint density at radius 2 is 1.02 bits per heavy atom. The Hall–Kier alpha value is -5.53. The first kappa shape index (κ1) is 26.8. The normalized spacial score (nSPS) is 11.5. The van der Waals surface area contributed by atoms with Crippen LogP contribution in [-0.2, 0) is 0 Å². The van der Waals surface area contributed by atoms with Gasteiger partial charge in [0, 0.05) is 45.9 Å². The number of benzene rings is 7. The van der Waals surface area contributed by atoms with Crippen LogP contribution in [0.2, 0.25) is 0 Å². The lowest BCUT2D eigenvalue weighted by Crippen LogP contribution is -1.93. The summed E-state index contributed by atoms with van der Waals surface area (Å²) in [6, 6.07) is 56.7. The number of rotatable bonds is 4. The monoisotopic (exact) mass is 619 g/mol. The van der Waals surface area contributed by atoms with E-state index >= 15 is 0 Å². The van der Waals surface area contributed by atoms with Crippen molar-refractivity contribution in [1.82, 2.24) is 0 Å². The number of hydrogen-bond acceptors (Lipinski definition) is 3. The van der Waals surface area contributed by atoms with Crippen LogP contribution in [0.1, 0.15) is 5.56 Å². The van der Waals surface area contributed by atoms with Crippen LogP contribution in [0.15, 0.2) is 152 Å². The summed E-state index contributed by atoms with van der Waals surface area (Å²) in [5.41, 5.74) is 9.66. The molecule has 2 heterocycles. The van der Waals surface area contributed by atoms with Crippen LogP contribution in [0.25, 0.3) is 84.9 Å². The lowest BCUT2D eigenvalue weighted by Gasteiger charge is -2.18. The van der Waals surface area contributed by atoms with E-state index in [1.165, 1.54) is 57.0 Å². The molecule has 46 heavy (non-hydrogen) atoms. The Morgan fingerprint density at radius 3 is 1.85 bits per heavy atom. The maximum atomic E-state index is 10.2. The van der Waals surface area contributed by atoms with E-state index in [1.54, 1.807) is 0 Å². The van der Waals surface area contributed by atoms with Crippen molar-refractivity contribution < 1.29 is 0 Å². The number of fused-ring (bicyclic) bond motifs is 6. The van der Waals surface area contributed by atoms with Gasteiger partial charge in [0.1, 0.15) is 0 Å². The van der Waals surface area contributed by atoms with Gasteiger partial charge in [0.05, 0.1) is 11.6 Å². The molecule has 3 heteroatoms. The first-order valence-electron chi connectivity index (χ1n) is 15.3. The van der Waals surface area contributed by atoms with Gasteiger partial charge < -0.3 is 0 Å². The Morgan fingerprint density at radius 1 is 0.391 bits per heavy atom. The first-order chi connectivity index (χ1) is 22.7. The minimum Gasteiger partial charge on any atom is -0.192 e. The highest BCUT2D eigenvalue weighted by atomic mass is 32.1. The quantitative estimate of drug-likeness (QED) is 0.192. The van der Waals surface area contributed by atoms with Crippen LogP contribution in [-0.4, -0.2) is 0 Å². The number of nitrogens with zero attached hydrogens (tertiary/aromatic N) is 1. The largest absolute Gasteiger partial charge is 0.192 e. The molecular weight excluding hydrogens is 595 g/mol. The van der Waals surface area contributed by atoms with Crippen LogP contribution in [0.3, 0.4) is 0 Å². The van der Waals surface area contributed by atoms with E-state index in [1.807, 2.05) is 34.8 Å². The van der Waals surface area contributed by atoms with Crippen molar-refractivity contribution in [2.45, 2.75) is 0 Å². The van der Waals surface area contributed by atoms with E-state index in [9.17, 15) is 5.26 Å². The highest BCUT2D eigenvalue weighted by molar-refractivity contribution is 7.26. The Labute approximate surface area is 274 Å². The van der Waals surface area contributed by atoms with Crippen LogP contribution >= 0.6 is 22.7 Å². The zero-order valence-corrected chi connectivity index (χ0v) is 26.3. The van der Waals surface area contributed by atoms with Crippen LogP contribution in [0, 0.1) is 11.3 Å². The third-order valence-corrected chi connectivity index (χ3v) is 11.3. The summed E-state index contributed by atoms with van der Waals surface area (Å²) >= 11 is 3.69. The zero-order valence-electron chi connectivity index (χ0n) is 24.7. The zero-order chi connectivity index (χ0) is 30.6. The van der Waals surface area contributed by atoms with Crippen LogP contribution in [0.4, 0.5) is 0 Å². The molecule has 2 aromatic heterocycles. The molecular formula is C43H25NS2. The van der Waals surface area contributed by atoms with Crippen LogP contribution in [0.5, 0.6) is 0 Å². The van der Waals surface area contributed by atoms with E-state index < -0.39 is 0 Å². The molecule has 7 aromatic carbocycles. The molecule has 0 amide bonds. The lowest BCUT2D eigenvalue weighted by atomic mass is 9.85. The number of hydrogen-bond donors (Lipinski definition) is 0. The van der Waals surface area contributed by atoms with Crippen molar-refractivity contribution in [1.29, 1.82) is 5.26 Å². The second kappa shape index (κ2) is 10.8. The van der Waals surface area contributed by atoms with E-state index in [2.05, 4.69) is 146 Å². The van der Waals surface area contributed by atoms with Crippen molar-refractivity contribution in [3.8, 4) is 50.6 Å². The average Bonchev–Trinajstić information content (AvgIpc) is 3.69. The fourth-order valence-corrected chi connectivity index (χ4v) is 9.13. The maximum absolute atomic E-state index is 10.2. The van der Waals surface area contributed by atoms with E-state index in [0.29, 0.717) is 5.56 Å². The minimum atomic E-state index is 0.649. The second-order valence-corrected chi connectivity index (χ2v) is 13.7. The Bertz CT molecular complexity index is 2650. The Balaban J connectivity index is 1.37. The molecule has 214 valence electrons. The highest BCUT2D eigenvalue weighted by Gasteiger charge is 2.19. The van der Waals surface area contributed by atoms with Crippen molar-refractivity contribution >= 4 is 63.0 Å². The molecule has 0 atom stereocenters. The van der Waals surface area contributed by atoms with Gasteiger partial charge in [0.2, 0.25) is 0 Å². The summed E-state index contributed by atoms with van der Waals surface area (Å²) in [7, 11) is 0. The second-order valence-electron chi connectivity index (χ2n) is 11.6. The molecule has 9 aromatic rings. The molecule has 0 saturated heterocycles. The molecule has 0 aliphatic heterocycles. The van der Waals surface area contributed by atoms with E-state index in [-0.39, 0.29) is 0 Å². The van der Waals surface area contributed by atoms with Gasteiger partial charge >= 0.3 is 0 Å². The minimum absolute atomic E-state index is 0.649. The SMILES string of the molecule is N#Cc1cc(-c2ccccc2)cc(-c2c(-c3ccc4sc5ccccc5c4c3)cccc2-c2cccc3c2sc2ccccc23)c1. The average molecular weight is 620 g/mol. The lowest BCUT2D eigenvalue weighted by molar-refractivity contribution is 1.48. The van der Waals surface area contributed by atoms with Crippen molar-refractivity contribution in [3.05, 3.63) is 157 Å². The molecule has 0 aliphatic rings. The Kier molecular flexibility index (Phi) is 6.31. The number of thiophene rings is 2. The van der Waals surface area contributed by atoms with Gasteiger partial charge in [-0.15, -0.1) is 22.7 Å². The van der Waals surface area contributed by atoms with Crippen LogP contribution < -0.4 is 0 Å². The summed E-state index contributed by atoms with van der Waals surface area (Å²) < 4.78 is 5.15. The van der Waals surface area contributed by atoms with Gasteiger partial charge in [0.25, 0.3) is 0 Å². The standard InChI is InChI=1S/C43H25NS2/c44-26-27-22-30(28-10-2-1-3-11-28)24-31(23-27)42-32(29-20-21-41-38(25-29)34-13-5-6-18-39(34)45-41)14-8-15-35(42)37-17-9-16-36-33-12-4-7-19-40(33)46-43(36)37/h1-25H. The van der Waals surface area contributed by atoms with E-state index in [0.717, 1.165) is 27.8 Å². The topological polar surface area (TPSA) is 23.8 Å². The maximum Gasteiger partial charge on any atom is 0.0992 e. The summed E-state index contributed by atoms with van der Waals surface area (Å²) in [4.78, 5) is 0. The summed E-state index contributed by atoms with van der Waals surface area (Å²) in [6.07, 6.45) is 0. The van der Waals surface area contributed by atoms with E-state index in [4.69, 9.17) is 0 Å². The third kappa shape index (κ3) is 4.35. The van der Waals surface area contributed by atoms with Gasteiger partial charge in [-0.2, -0.15) is 5.26 Å². The highest BCUT2D eigenvalue weighted by Crippen LogP contribution is 2.47. The molecule has 9 rings (SSSR count).